The van der Waals surface area contributed by atoms with E-state index >= 15 is 0 Å². The smallest absolute Gasteiger partial charge is 0.220 e. The van der Waals surface area contributed by atoms with E-state index in [4.69, 9.17) is 5.73 Å². The fourth-order valence-electron chi connectivity index (χ4n) is 1.92. The first kappa shape index (κ1) is 15.4. The predicted octanol–water partition coefficient (Wildman–Crippen LogP) is 2.30. The Labute approximate surface area is 100 Å². The van der Waals surface area contributed by atoms with Gasteiger partial charge in [0.1, 0.15) is 0 Å². The summed E-state index contributed by atoms with van der Waals surface area (Å²) in [5.41, 5.74) is 5.47. The summed E-state index contributed by atoms with van der Waals surface area (Å²) in [4.78, 5) is 11.6. The van der Waals surface area contributed by atoms with Gasteiger partial charge in [0.05, 0.1) is 0 Å². The summed E-state index contributed by atoms with van der Waals surface area (Å²) in [6, 6.07) is 0.289. The third-order valence-corrected chi connectivity index (χ3v) is 2.76. The topological polar surface area (TPSA) is 55.1 Å². The van der Waals surface area contributed by atoms with Gasteiger partial charge < -0.3 is 11.1 Å². The zero-order chi connectivity index (χ0) is 12.6. The molecule has 0 radical (unpaired) electrons. The molecule has 0 saturated carbocycles. The molecule has 3 N–H and O–H groups in total. The zero-order valence-electron chi connectivity index (χ0n) is 11.3. The van der Waals surface area contributed by atoms with E-state index in [1.807, 2.05) is 0 Å². The highest BCUT2D eigenvalue weighted by atomic mass is 16.1. The van der Waals surface area contributed by atoms with Crippen LogP contribution in [0.2, 0.25) is 0 Å². The normalized spacial score (nSPS) is 14.9. The predicted molar refractivity (Wildman–Crippen MR) is 69.1 cm³/mol. The van der Waals surface area contributed by atoms with E-state index in [-0.39, 0.29) is 11.9 Å². The van der Waals surface area contributed by atoms with E-state index in [1.54, 1.807) is 0 Å². The Bertz CT molecular complexity index is 192. The average Bonchev–Trinajstić information content (AvgIpc) is 2.13. The molecule has 0 rings (SSSR count). The summed E-state index contributed by atoms with van der Waals surface area (Å²) >= 11 is 0. The molecule has 0 spiro atoms. The number of carbonyl (C=O) groups excluding carboxylic acids is 1. The number of carbonyl (C=O) groups is 1. The van der Waals surface area contributed by atoms with Crippen LogP contribution in [0.3, 0.4) is 0 Å². The molecule has 0 aromatic carbocycles. The van der Waals surface area contributed by atoms with E-state index in [0.717, 1.165) is 19.3 Å². The molecular formula is C13H28N2O. The molecule has 0 aliphatic rings. The summed E-state index contributed by atoms with van der Waals surface area (Å²) in [5, 5.41) is 3.04. The van der Waals surface area contributed by atoms with Crippen LogP contribution in [0.4, 0.5) is 0 Å². The van der Waals surface area contributed by atoms with Crippen molar-refractivity contribution in [1.82, 2.24) is 5.32 Å². The highest BCUT2D eigenvalue weighted by molar-refractivity contribution is 5.76. The maximum atomic E-state index is 11.6. The van der Waals surface area contributed by atoms with E-state index in [0.29, 0.717) is 24.8 Å². The Morgan fingerprint density at radius 1 is 1.19 bits per heavy atom. The molecule has 0 aromatic heterocycles. The van der Waals surface area contributed by atoms with Crippen LogP contribution in [0.1, 0.15) is 53.4 Å². The molecule has 96 valence electrons. The number of nitrogens with one attached hydrogen (secondary N) is 1. The Kier molecular flexibility index (Phi) is 8.26. The fourth-order valence-corrected chi connectivity index (χ4v) is 1.92. The molecule has 1 amide bonds. The van der Waals surface area contributed by atoms with Crippen molar-refractivity contribution < 1.29 is 4.79 Å². The molecular weight excluding hydrogens is 200 g/mol. The molecule has 3 nitrogen and oxygen atoms in total. The highest BCUT2D eigenvalue weighted by Gasteiger charge is 2.10. The van der Waals surface area contributed by atoms with Crippen molar-refractivity contribution in [3.8, 4) is 0 Å². The van der Waals surface area contributed by atoms with Crippen molar-refractivity contribution >= 4 is 5.91 Å². The van der Waals surface area contributed by atoms with Gasteiger partial charge in [0.2, 0.25) is 5.91 Å². The second-order valence-corrected chi connectivity index (χ2v) is 5.32. The standard InChI is InChI=1S/C13H28N2O/c1-10(2)9-12(4)15-13(16)6-5-11(3)7-8-14/h10-12H,5-9,14H2,1-4H3,(H,15,16). The Morgan fingerprint density at radius 3 is 2.31 bits per heavy atom. The van der Waals surface area contributed by atoms with Gasteiger partial charge in [-0.25, -0.2) is 0 Å². The first-order valence-electron chi connectivity index (χ1n) is 6.45. The maximum Gasteiger partial charge on any atom is 0.220 e. The minimum Gasteiger partial charge on any atom is -0.354 e. The first-order valence-corrected chi connectivity index (χ1v) is 6.45. The molecule has 2 atom stereocenters. The summed E-state index contributed by atoms with van der Waals surface area (Å²) < 4.78 is 0. The number of hydrogen-bond acceptors (Lipinski definition) is 2. The quantitative estimate of drug-likeness (QED) is 0.670. The minimum absolute atomic E-state index is 0.178. The van der Waals surface area contributed by atoms with Gasteiger partial charge in [-0.1, -0.05) is 20.8 Å². The van der Waals surface area contributed by atoms with Crippen molar-refractivity contribution in [3.63, 3.8) is 0 Å². The van der Waals surface area contributed by atoms with Crippen molar-refractivity contribution in [2.24, 2.45) is 17.6 Å². The van der Waals surface area contributed by atoms with Crippen LogP contribution in [-0.4, -0.2) is 18.5 Å². The molecule has 0 heterocycles. The van der Waals surface area contributed by atoms with Crippen LogP contribution in [0, 0.1) is 11.8 Å². The molecule has 0 aromatic rings. The lowest BCUT2D eigenvalue weighted by Gasteiger charge is -2.16. The molecule has 0 aliphatic heterocycles. The Hall–Kier alpha value is -0.570. The molecule has 0 bridgehead atoms. The summed E-state index contributed by atoms with van der Waals surface area (Å²) in [7, 11) is 0. The van der Waals surface area contributed by atoms with Gasteiger partial charge in [-0.3, -0.25) is 4.79 Å². The minimum atomic E-state index is 0.178. The second kappa shape index (κ2) is 8.57. The molecule has 2 unspecified atom stereocenters. The SMILES string of the molecule is CC(C)CC(C)NC(=O)CCC(C)CCN. The highest BCUT2D eigenvalue weighted by Crippen LogP contribution is 2.09. The molecule has 0 fully saturated rings. The maximum absolute atomic E-state index is 11.6. The summed E-state index contributed by atoms with van der Waals surface area (Å²) in [6.07, 6.45) is 3.62. The van der Waals surface area contributed by atoms with Gasteiger partial charge in [0.25, 0.3) is 0 Å². The van der Waals surface area contributed by atoms with Crippen LogP contribution < -0.4 is 11.1 Å². The largest absolute Gasteiger partial charge is 0.354 e. The van der Waals surface area contributed by atoms with Gasteiger partial charge in [-0.15, -0.1) is 0 Å². The van der Waals surface area contributed by atoms with Crippen LogP contribution in [0.15, 0.2) is 0 Å². The average molecular weight is 228 g/mol. The third kappa shape index (κ3) is 8.72. The lowest BCUT2D eigenvalue weighted by molar-refractivity contribution is -0.122. The first-order chi connectivity index (χ1) is 7.45. The van der Waals surface area contributed by atoms with E-state index in [2.05, 4.69) is 33.0 Å². The second-order valence-electron chi connectivity index (χ2n) is 5.32. The van der Waals surface area contributed by atoms with Gasteiger partial charge in [-0.05, 0) is 44.6 Å². The lowest BCUT2D eigenvalue weighted by Crippen LogP contribution is -2.33. The van der Waals surface area contributed by atoms with Crippen molar-refractivity contribution in [2.45, 2.75) is 59.4 Å². The molecule has 0 saturated heterocycles. The lowest BCUT2D eigenvalue weighted by atomic mass is 10.0. The molecule has 3 heteroatoms. The molecule has 0 aliphatic carbocycles. The Balaban J connectivity index is 3.65. The van der Waals surface area contributed by atoms with Crippen LogP contribution in [0.5, 0.6) is 0 Å². The molecule has 16 heavy (non-hydrogen) atoms. The fraction of sp³-hybridized carbons (Fsp3) is 0.923. The number of hydrogen-bond donors (Lipinski definition) is 2. The van der Waals surface area contributed by atoms with Gasteiger partial charge in [0, 0.05) is 12.5 Å². The summed E-state index contributed by atoms with van der Waals surface area (Å²) in [6.45, 7) is 9.28. The van der Waals surface area contributed by atoms with E-state index in [1.165, 1.54) is 0 Å². The van der Waals surface area contributed by atoms with Gasteiger partial charge >= 0.3 is 0 Å². The number of nitrogens with two attached hydrogens (primary N) is 1. The van der Waals surface area contributed by atoms with E-state index in [9.17, 15) is 4.79 Å². The van der Waals surface area contributed by atoms with Crippen molar-refractivity contribution in [3.05, 3.63) is 0 Å². The Morgan fingerprint density at radius 2 is 1.81 bits per heavy atom. The van der Waals surface area contributed by atoms with Crippen molar-refractivity contribution in [1.29, 1.82) is 0 Å². The third-order valence-electron chi connectivity index (χ3n) is 2.76. The summed E-state index contributed by atoms with van der Waals surface area (Å²) in [5.74, 6) is 1.36. The van der Waals surface area contributed by atoms with Crippen LogP contribution >= 0.6 is 0 Å². The van der Waals surface area contributed by atoms with Crippen molar-refractivity contribution in [2.75, 3.05) is 6.54 Å². The van der Waals surface area contributed by atoms with Gasteiger partial charge in [0.15, 0.2) is 0 Å². The zero-order valence-corrected chi connectivity index (χ0v) is 11.3. The number of amides is 1. The van der Waals surface area contributed by atoms with Crippen LogP contribution in [0.25, 0.3) is 0 Å². The monoisotopic (exact) mass is 228 g/mol. The van der Waals surface area contributed by atoms with Gasteiger partial charge in [-0.2, -0.15) is 0 Å². The van der Waals surface area contributed by atoms with Crippen LogP contribution in [-0.2, 0) is 4.79 Å². The van der Waals surface area contributed by atoms with E-state index < -0.39 is 0 Å². The number of rotatable bonds is 8.